The number of carboxylic acid groups (broad SMARTS) is 1. The second kappa shape index (κ2) is 15.2. The molecule has 0 bridgehead atoms. The van der Waals surface area contributed by atoms with Gasteiger partial charge < -0.3 is 66.9 Å². The Labute approximate surface area is 254 Å². The molecule has 2 aliphatic heterocycles. The largest absolute Gasteiger partial charge is 0.481 e. The molecule has 0 saturated carbocycles. The lowest BCUT2D eigenvalue weighted by molar-refractivity contribution is -0.142. The minimum atomic E-state index is -1.90. The number of amides is 3. The number of nitrogens with zero attached hydrogens (tertiary/aromatic N) is 2. The van der Waals surface area contributed by atoms with E-state index in [1.165, 1.54) is 12.3 Å². The molecule has 1 fully saturated rings. The number of hydrogen-bond acceptors (Lipinski definition) is 15. The number of aliphatic hydroxyl groups is 6. The van der Waals surface area contributed by atoms with Crippen molar-refractivity contribution in [3.8, 4) is 0 Å². The maximum absolute atomic E-state index is 13.1. The number of nitrogens with one attached hydrogen (secondary N) is 3. The number of hydrogen-bond donors (Lipinski definition) is 11. The number of aromatic nitrogens is 2. The molecule has 0 radical (unpaired) electrons. The number of nitrogens with two attached hydrogens (primary N) is 1. The van der Waals surface area contributed by atoms with E-state index in [9.17, 15) is 54.6 Å². The minimum Gasteiger partial charge on any atom is -0.481 e. The molecule has 2 aliphatic rings. The molecule has 1 saturated heterocycles. The molecule has 0 aliphatic carbocycles. The molecule has 0 unspecified atom stereocenters. The highest BCUT2D eigenvalue weighted by atomic mass is 16.6. The number of carbonyl (C=O) groups is 4. The molecule has 3 amide bonds. The molecule has 12 N–H and O–H groups in total. The molecule has 3 heterocycles. The first-order valence-electron chi connectivity index (χ1n) is 13.6. The summed E-state index contributed by atoms with van der Waals surface area (Å²) in [6.07, 6.45) is -11.8. The van der Waals surface area contributed by atoms with E-state index < -0.39 is 122 Å². The summed E-state index contributed by atoms with van der Waals surface area (Å²) >= 11 is 0. The molecule has 20 nitrogen and oxygen atoms in total. The predicted octanol–water partition coefficient (Wildman–Crippen LogP) is -6.23. The van der Waals surface area contributed by atoms with Gasteiger partial charge in [0.2, 0.25) is 11.8 Å². The predicted molar refractivity (Wildman–Crippen MR) is 146 cm³/mol. The van der Waals surface area contributed by atoms with Crippen LogP contribution in [-0.4, -0.2) is 137 Å². The fraction of sp³-hybridized carbons (Fsp3) is 0.600. The molecule has 3 rings (SSSR count). The highest BCUT2D eigenvalue weighted by Gasteiger charge is 2.45. The van der Waals surface area contributed by atoms with Crippen molar-refractivity contribution in [2.45, 2.75) is 80.8 Å². The number of carboxylic acids is 1. The van der Waals surface area contributed by atoms with Crippen molar-refractivity contribution >= 4 is 29.5 Å². The van der Waals surface area contributed by atoms with Crippen molar-refractivity contribution in [3.05, 3.63) is 34.6 Å². The molecule has 0 aromatic carbocycles. The van der Waals surface area contributed by atoms with E-state index in [0.717, 1.165) is 17.6 Å². The smallest absolute Gasteiger partial charge is 0.351 e. The highest BCUT2D eigenvalue weighted by Crippen LogP contribution is 2.28. The Kier molecular flexibility index (Phi) is 11.9. The Hall–Kier alpha value is -4.18. The molecule has 10 atom stereocenters. The first kappa shape index (κ1) is 35.3. The van der Waals surface area contributed by atoms with Crippen LogP contribution in [0.3, 0.4) is 0 Å². The Bertz CT molecular complexity index is 1340. The fourth-order valence-electron chi connectivity index (χ4n) is 4.69. The van der Waals surface area contributed by atoms with E-state index in [0.29, 0.717) is 0 Å². The molecular formula is C25H36N6O14. The van der Waals surface area contributed by atoms with Gasteiger partial charge in [-0.3, -0.25) is 23.7 Å². The summed E-state index contributed by atoms with van der Waals surface area (Å²) in [6.45, 7) is -0.299. The van der Waals surface area contributed by atoms with E-state index >= 15 is 0 Å². The third-order valence-electron chi connectivity index (χ3n) is 7.03. The Morgan fingerprint density at radius 3 is 2.44 bits per heavy atom. The number of aliphatic hydroxyl groups excluding tert-OH is 6. The number of aliphatic carboxylic acids is 1. The second-order valence-corrected chi connectivity index (χ2v) is 10.4. The van der Waals surface area contributed by atoms with Crippen molar-refractivity contribution in [2.24, 2.45) is 0 Å². The van der Waals surface area contributed by atoms with E-state index in [1.807, 2.05) is 0 Å². The summed E-state index contributed by atoms with van der Waals surface area (Å²) in [4.78, 5) is 64.6. The monoisotopic (exact) mass is 644 g/mol. The Morgan fingerprint density at radius 2 is 1.84 bits per heavy atom. The van der Waals surface area contributed by atoms with Crippen molar-refractivity contribution in [3.63, 3.8) is 0 Å². The zero-order chi connectivity index (χ0) is 33.6. The highest BCUT2D eigenvalue weighted by molar-refractivity contribution is 5.96. The maximum atomic E-state index is 13.1. The second-order valence-electron chi connectivity index (χ2n) is 10.4. The number of nitrogen functional groups attached to an aromatic ring is 1. The maximum Gasteiger partial charge on any atom is 0.351 e. The SMILES string of the molecule is CC(=O)N[C@H]1[C@H]([C@H](O)[C@H](O)CO)OC(C(=O)N[C@@H](CCC(=O)O)C(=O)NC[C@H]2O[C@@H](n3ccc(N)nc3=O)[C@H](O)[C@@H]2O)=C[C@@H]1O. The molecular weight excluding hydrogens is 608 g/mol. The lowest BCUT2D eigenvalue weighted by atomic mass is 9.93. The van der Waals surface area contributed by atoms with Gasteiger partial charge in [0.05, 0.1) is 12.6 Å². The minimum absolute atomic E-state index is 0.0894. The summed E-state index contributed by atoms with van der Waals surface area (Å²) in [5, 5.41) is 77.0. The summed E-state index contributed by atoms with van der Waals surface area (Å²) < 4.78 is 11.9. The lowest BCUT2D eigenvalue weighted by Gasteiger charge is -2.38. The van der Waals surface area contributed by atoms with Crippen LogP contribution in [0, 0.1) is 0 Å². The van der Waals surface area contributed by atoms with Crippen LogP contribution in [0.1, 0.15) is 26.0 Å². The van der Waals surface area contributed by atoms with Gasteiger partial charge in [-0.15, -0.1) is 0 Å². The molecule has 45 heavy (non-hydrogen) atoms. The van der Waals surface area contributed by atoms with E-state index in [-0.39, 0.29) is 5.82 Å². The first-order chi connectivity index (χ1) is 21.1. The van der Waals surface area contributed by atoms with Crippen LogP contribution in [0.15, 0.2) is 28.9 Å². The van der Waals surface area contributed by atoms with Gasteiger partial charge in [-0.2, -0.15) is 4.98 Å². The van der Waals surface area contributed by atoms with Gasteiger partial charge in [0.15, 0.2) is 18.1 Å². The van der Waals surface area contributed by atoms with E-state index in [2.05, 4.69) is 20.9 Å². The fourth-order valence-corrected chi connectivity index (χ4v) is 4.69. The normalized spacial score (nSPS) is 28.2. The van der Waals surface area contributed by atoms with Crippen LogP contribution in [0.4, 0.5) is 5.82 Å². The number of ether oxygens (including phenoxy) is 2. The van der Waals surface area contributed by atoms with Crippen LogP contribution in [0.2, 0.25) is 0 Å². The number of anilines is 1. The first-order valence-corrected chi connectivity index (χ1v) is 13.6. The molecule has 20 heteroatoms. The van der Waals surface area contributed by atoms with Crippen LogP contribution in [-0.2, 0) is 28.7 Å². The van der Waals surface area contributed by atoms with E-state index in [4.69, 9.17) is 20.3 Å². The number of carbonyl (C=O) groups excluding carboxylic acids is 3. The Morgan fingerprint density at radius 1 is 1.16 bits per heavy atom. The van der Waals surface area contributed by atoms with Crippen LogP contribution in [0.25, 0.3) is 0 Å². The third kappa shape index (κ3) is 8.72. The molecule has 0 spiro atoms. The van der Waals surface area contributed by atoms with Crippen LogP contribution in [0.5, 0.6) is 0 Å². The molecule has 250 valence electrons. The van der Waals surface area contributed by atoms with Crippen molar-refractivity contribution in [2.75, 3.05) is 18.9 Å². The van der Waals surface area contributed by atoms with E-state index in [1.54, 1.807) is 0 Å². The van der Waals surface area contributed by atoms with Crippen molar-refractivity contribution in [1.29, 1.82) is 0 Å². The van der Waals surface area contributed by atoms with Gasteiger partial charge >= 0.3 is 11.7 Å². The zero-order valence-corrected chi connectivity index (χ0v) is 23.8. The number of rotatable bonds is 13. The average molecular weight is 645 g/mol. The van der Waals surface area contributed by atoms with Gasteiger partial charge in [-0.1, -0.05) is 0 Å². The molecule has 1 aromatic heterocycles. The summed E-state index contributed by atoms with van der Waals surface area (Å²) in [7, 11) is 0. The van der Waals surface area contributed by atoms with Gasteiger partial charge in [-0.25, -0.2) is 4.79 Å². The van der Waals surface area contributed by atoms with Gasteiger partial charge in [-0.05, 0) is 18.6 Å². The van der Waals surface area contributed by atoms with Gasteiger partial charge in [0.25, 0.3) is 5.91 Å². The summed E-state index contributed by atoms with van der Waals surface area (Å²) in [6, 6.07) is -1.65. The van der Waals surface area contributed by atoms with Gasteiger partial charge in [0.1, 0.15) is 48.5 Å². The quantitative estimate of drug-likeness (QED) is 0.0951. The Balaban J connectivity index is 1.73. The summed E-state index contributed by atoms with van der Waals surface area (Å²) in [5.74, 6) is -4.82. The third-order valence-corrected chi connectivity index (χ3v) is 7.03. The zero-order valence-electron chi connectivity index (χ0n) is 23.8. The van der Waals surface area contributed by atoms with Crippen molar-refractivity contribution in [1.82, 2.24) is 25.5 Å². The topological polar surface area (TPSA) is 325 Å². The van der Waals surface area contributed by atoms with Crippen molar-refractivity contribution < 1.29 is 64.4 Å². The van der Waals surface area contributed by atoms with Gasteiger partial charge in [0, 0.05) is 26.1 Å². The van der Waals surface area contributed by atoms with Crippen LogP contribution >= 0.6 is 0 Å². The average Bonchev–Trinajstić information content (AvgIpc) is 3.26. The lowest BCUT2D eigenvalue weighted by Crippen LogP contribution is -2.60. The van der Waals surface area contributed by atoms with Crippen LogP contribution < -0.4 is 27.4 Å². The summed E-state index contributed by atoms with van der Waals surface area (Å²) in [5.41, 5.74) is 4.58. The standard InChI is InChI=1S/C25H36N6O14/c1-9(33)28-17-11(34)6-13(44-21(17)18(38)12(35)8-32)23(42)29-10(2-3-16(36)37)22(41)27-7-14-19(39)20(40)24(45-14)31-5-4-15(26)30-25(31)43/h4-6,10-12,14,17-21,24,32,34-35,38-40H,2-3,7-8H2,1H3,(H,27,41)(H,28,33)(H,29,42)(H,36,37)(H2,26,30,43)/t10-,11-,12+,14+,17+,18+,19+,20+,21+,24+/m0/s1. The molecule has 1 aromatic rings.